The summed E-state index contributed by atoms with van der Waals surface area (Å²) in [5.74, 6) is 0.789. The van der Waals surface area contributed by atoms with Gasteiger partial charge >= 0.3 is 0 Å². The van der Waals surface area contributed by atoms with Gasteiger partial charge in [-0.25, -0.2) is 0 Å². The van der Waals surface area contributed by atoms with Gasteiger partial charge in [0.2, 0.25) is 0 Å². The van der Waals surface area contributed by atoms with Crippen LogP contribution in [0.5, 0.6) is 0 Å². The largest absolute Gasteiger partial charge is 0.290 e. The van der Waals surface area contributed by atoms with Crippen molar-refractivity contribution in [2.45, 2.75) is 0 Å². The van der Waals surface area contributed by atoms with E-state index >= 15 is 0 Å². The van der Waals surface area contributed by atoms with Crippen LogP contribution in [0.4, 0.5) is 0 Å². The summed E-state index contributed by atoms with van der Waals surface area (Å²) in [5, 5.41) is 0.782. The molecule has 0 spiro atoms. The van der Waals surface area contributed by atoms with Crippen LogP contribution in [-0.4, -0.2) is 17.8 Å². The Kier molecular flexibility index (Phi) is 2.45. The summed E-state index contributed by atoms with van der Waals surface area (Å²) in [6.07, 6.45) is 4.55. The Morgan fingerprint density at radius 3 is 3.20 bits per heavy atom. The van der Waals surface area contributed by atoms with E-state index in [1.807, 2.05) is 0 Å². The van der Waals surface area contributed by atoms with Gasteiger partial charge in [-0.2, -0.15) is 0 Å². The number of aliphatic imine (C=N–C) groups is 1. The Bertz CT molecular complexity index is 218. The quantitative estimate of drug-likeness (QED) is 0.561. The van der Waals surface area contributed by atoms with Crippen molar-refractivity contribution in [3.63, 3.8) is 0 Å². The van der Waals surface area contributed by atoms with E-state index in [-0.39, 0.29) is 5.78 Å². The number of carbonyl (C=O) groups is 1. The Balaban J connectivity index is 2.62. The van der Waals surface area contributed by atoms with Gasteiger partial charge in [0.25, 0.3) is 0 Å². The molecule has 52 valence electrons. The van der Waals surface area contributed by atoms with Gasteiger partial charge in [-0.15, -0.1) is 11.8 Å². The van der Waals surface area contributed by atoms with Gasteiger partial charge in [0.15, 0.2) is 5.78 Å². The molecular formula is C7H7NOS. The topological polar surface area (TPSA) is 29.4 Å². The van der Waals surface area contributed by atoms with E-state index in [2.05, 4.69) is 11.6 Å². The molecule has 0 fully saturated rings. The fourth-order valence-corrected chi connectivity index (χ4v) is 1.22. The van der Waals surface area contributed by atoms with Gasteiger partial charge in [-0.1, -0.05) is 6.58 Å². The molecule has 10 heavy (non-hydrogen) atoms. The Morgan fingerprint density at radius 1 is 1.90 bits per heavy atom. The minimum absolute atomic E-state index is 0.0819. The normalized spacial score (nSPS) is 19.8. The van der Waals surface area contributed by atoms with Crippen molar-refractivity contribution in [3.8, 4) is 0 Å². The molecule has 1 aliphatic heterocycles. The molecule has 3 heteroatoms. The third-order valence-electron chi connectivity index (χ3n) is 0.991. The molecule has 0 amide bonds. The van der Waals surface area contributed by atoms with Crippen LogP contribution in [0.3, 0.4) is 0 Å². The van der Waals surface area contributed by atoms with Crippen LogP contribution >= 0.6 is 11.8 Å². The van der Waals surface area contributed by atoms with Crippen molar-refractivity contribution < 1.29 is 4.79 Å². The van der Waals surface area contributed by atoms with Crippen LogP contribution in [0, 0.1) is 0 Å². The molecule has 0 aromatic carbocycles. The predicted molar refractivity (Wildman–Crippen MR) is 44.2 cm³/mol. The maximum atomic E-state index is 10.7. The van der Waals surface area contributed by atoms with Gasteiger partial charge in [0.05, 0.1) is 5.03 Å². The molecule has 1 aliphatic rings. The summed E-state index contributed by atoms with van der Waals surface area (Å²) in [5.41, 5.74) is 0. The number of thioether (sulfide) groups is 1. The minimum atomic E-state index is -0.0819. The molecule has 0 aromatic rings. The molecule has 0 saturated carbocycles. The first-order valence-corrected chi connectivity index (χ1v) is 3.85. The zero-order chi connectivity index (χ0) is 7.40. The molecule has 1 heterocycles. The maximum absolute atomic E-state index is 10.7. The monoisotopic (exact) mass is 153 g/mol. The lowest BCUT2D eigenvalue weighted by atomic mass is 10.4. The average Bonchev–Trinajstić information content (AvgIpc) is 2.40. The Labute approximate surface area is 63.7 Å². The second-order valence-electron chi connectivity index (χ2n) is 1.71. The minimum Gasteiger partial charge on any atom is -0.290 e. The number of nitrogens with zero attached hydrogens (tertiary/aromatic N) is 1. The lowest BCUT2D eigenvalue weighted by molar-refractivity contribution is -0.110. The summed E-state index contributed by atoms with van der Waals surface area (Å²) in [4.78, 5) is 14.6. The van der Waals surface area contributed by atoms with Crippen LogP contribution in [-0.2, 0) is 4.79 Å². The zero-order valence-corrected chi connectivity index (χ0v) is 6.23. The fourth-order valence-electron chi connectivity index (χ4n) is 0.547. The molecule has 0 saturated heterocycles. The molecule has 0 unspecified atom stereocenters. The highest BCUT2D eigenvalue weighted by Gasteiger charge is 2.01. The molecule has 2 nitrogen and oxygen atoms in total. The first kappa shape index (κ1) is 7.28. The summed E-state index contributed by atoms with van der Waals surface area (Å²) in [6, 6.07) is 0. The standard InChI is InChI=1S/C7H7NOS/c1-2-6(9)5-7-8-3-4-10-7/h2-3,5H,1,4H2. The van der Waals surface area contributed by atoms with Crippen LogP contribution < -0.4 is 0 Å². The fraction of sp³-hybridized carbons (Fsp3) is 0.143. The van der Waals surface area contributed by atoms with E-state index in [0.717, 1.165) is 10.8 Å². The first-order valence-electron chi connectivity index (χ1n) is 2.86. The number of hydrogen-bond acceptors (Lipinski definition) is 3. The summed E-state index contributed by atoms with van der Waals surface area (Å²) in [7, 11) is 0. The second-order valence-corrected chi connectivity index (χ2v) is 2.75. The number of hydrogen-bond donors (Lipinski definition) is 0. The molecule has 0 N–H and O–H groups in total. The number of ketones is 1. The highest BCUT2D eigenvalue weighted by atomic mass is 32.2. The SMILES string of the molecule is C=CC(=O)C=C1N=CCS1. The number of carbonyl (C=O) groups excluding carboxylic acids is 1. The lowest BCUT2D eigenvalue weighted by Gasteiger charge is -1.86. The predicted octanol–water partition coefficient (Wildman–Crippen LogP) is 1.40. The maximum Gasteiger partial charge on any atom is 0.180 e. The van der Waals surface area contributed by atoms with Crippen LogP contribution in [0.1, 0.15) is 0 Å². The van der Waals surface area contributed by atoms with E-state index in [0.29, 0.717) is 0 Å². The van der Waals surface area contributed by atoms with E-state index < -0.39 is 0 Å². The summed E-state index contributed by atoms with van der Waals surface area (Å²) >= 11 is 1.56. The molecular weight excluding hydrogens is 146 g/mol. The Hall–Kier alpha value is -0.830. The van der Waals surface area contributed by atoms with Gasteiger partial charge in [-0.3, -0.25) is 9.79 Å². The average molecular weight is 153 g/mol. The summed E-state index contributed by atoms with van der Waals surface area (Å²) < 4.78 is 0. The molecule has 0 bridgehead atoms. The highest BCUT2D eigenvalue weighted by molar-refractivity contribution is 8.04. The van der Waals surface area contributed by atoms with Gasteiger partial charge in [-0.05, 0) is 6.08 Å². The Morgan fingerprint density at radius 2 is 2.70 bits per heavy atom. The van der Waals surface area contributed by atoms with Crippen molar-refractivity contribution in [3.05, 3.63) is 23.8 Å². The number of rotatable bonds is 2. The van der Waals surface area contributed by atoms with Gasteiger partial charge in [0, 0.05) is 18.0 Å². The van der Waals surface area contributed by atoms with E-state index in [1.54, 1.807) is 18.0 Å². The van der Waals surface area contributed by atoms with Crippen molar-refractivity contribution in [1.82, 2.24) is 0 Å². The number of allylic oxidation sites excluding steroid dienone is 2. The van der Waals surface area contributed by atoms with Crippen molar-refractivity contribution >= 4 is 23.8 Å². The van der Waals surface area contributed by atoms with E-state index in [1.165, 1.54) is 12.2 Å². The van der Waals surface area contributed by atoms with Gasteiger partial charge in [0.1, 0.15) is 0 Å². The van der Waals surface area contributed by atoms with Crippen molar-refractivity contribution in [2.75, 3.05) is 5.75 Å². The highest BCUT2D eigenvalue weighted by Crippen LogP contribution is 2.20. The smallest absolute Gasteiger partial charge is 0.180 e. The third kappa shape index (κ3) is 1.84. The lowest BCUT2D eigenvalue weighted by Crippen LogP contribution is -1.83. The third-order valence-corrected chi connectivity index (χ3v) is 1.83. The summed E-state index contributed by atoms with van der Waals surface area (Å²) in [6.45, 7) is 3.35. The van der Waals surface area contributed by atoms with E-state index in [9.17, 15) is 4.79 Å². The van der Waals surface area contributed by atoms with E-state index in [4.69, 9.17) is 0 Å². The van der Waals surface area contributed by atoms with Gasteiger partial charge < -0.3 is 0 Å². The first-order chi connectivity index (χ1) is 4.83. The molecule has 0 aliphatic carbocycles. The molecule has 0 aromatic heterocycles. The zero-order valence-electron chi connectivity index (χ0n) is 5.41. The molecule has 0 radical (unpaired) electrons. The van der Waals surface area contributed by atoms with Crippen LogP contribution in [0.2, 0.25) is 0 Å². The van der Waals surface area contributed by atoms with Crippen LogP contribution in [0.15, 0.2) is 28.8 Å². The van der Waals surface area contributed by atoms with Crippen molar-refractivity contribution in [1.29, 1.82) is 0 Å². The molecule has 0 atom stereocenters. The van der Waals surface area contributed by atoms with Crippen LogP contribution in [0.25, 0.3) is 0 Å². The van der Waals surface area contributed by atoms with Crippen molar-refractivity contribution in [2.24, 2.45) is 4.99 Å². The molecule has 1 rings (SSSR count). The second kappa shape index (κ2) is 3.37.